The third-order valence-corrected chi connectivity index (χ3v) is 4.05. The van der Waals surface area contributed by atoms with E-state index in [9.17, 15) is 4.79 Å². The Hall–Kier alpha value is -1.52. The van der Waals surface area contributed by atoms with E-state index in [1.54, 1.807) is 25.1 Å². The van der Waals surface area contributed by atoms with Crippen LogP contribution in [0.1, 0.15) is 29.9 Å². The van der Waals surface area contributed by atoms with Crippen molar-refractivity contribution in [3.63, 3.8) is 0 Å². The summed E-state index contributed by atoms with van der Waals surface area (Å²) in [5.74, 6) is 1.15. The Bertz CT molecular complexity index is 609. The van der Waals surface area contributed by atoms with E-state index in [1.165, 1.54) is 11.3 Å². The summed E-state index contributed by atoms with van der Waals surface area (Å²) in [5.41, 5.74) is 0. The highest BCUT2D eigenvalue weighted by atomic mass is 35.5. The van der Waals surface area contributed by atoms with E-state index < -0.39 is 6.10 Å². The molecule has 21 heavy (non-hydrogen) atoms. The number of benzene rings is 1. The molecule has 0 radical (unpaired) electrons. The molecular formula is C16H17ClO3S. The van der Waals surface area contributed by atoms with Gasteiger partial charge in [-0.15, -0.1) is 11.3 Å². The molecule has 0 aliphatic heterocycles. The number of carbonyl (C=O) groups excluding carboxylic acids is 1. The molecule has 0 saturated heterocycles. The highest BCUT2D eigenvalue weighted by Gasteiger charge is 2.20. The largest absolute Gasteiger partial charge is 0.490 e. The van der Waals surface area contributed by atoms with Crippen molar-refractivity contribution in [3.05, 3.63) is 45.6 Å². The van der Waals surface area contributed by atoms with Crippen molar-refractivity contribution in [2.75, 3.05) is 6.61 Å². The highest BCUT2D eigenvalue weighted by Crippen LogP contribution is 2.29. The quantitative estimate of drug-likeness (QED) is 0.684. The van der Waals surface area contributed by atoms with E-state index in [4.69, 9.17) is 21.1 Å². The molecule has 0 aliphatic rings. The Morgan fingerprint density at radius 3 is 2.57 bits per heavy atom. The molecule has 0 amide bonds. The third-order valence-electron chi connectivity index (χ3n) is 2.80. The van der Waals surface area contributed by atoms with Crippen molar-refractivity contribution in [1.82, 2.24) is 0 Å². The molecule has 5 heteroatoms. The number of hydrogen-bond donors (Lipinski definition) is 0. The summed E-state index contributed by atoms with van der Waals surface area (Å²) in [6.07, 6.45) is 0.322. The van der Waals surface area contributed by atoms with Crippen LogP contribution in [0.15, 0.2) is 36.4 Å². The Morgan fingerprint density at radius 1 is 1.24 bits per heavy atom. The number of thiophene rings is 1. The summed E-state index contributed by atoms with van der Waals surface area (Å²) in [7, 11) is 0. The fourth-order valence-corrected chi connectivity index (χ4v) is 2.83. The van der Waals surface area contributed by atoms with Crippen molar-refractivity contribution in [2.45, 2.75) is 26.4 Å². The number of carbonyl (C=O) groups is 1. The van der Waals surface area contributed by atoms with E-state index in [1.807, 2.05) is 25.1 Å². The van der Waals surface area contributed by atoms with Crippen LogP contribution in [-0.2, 0) is 0 Å². The van der Waals surface area contributed by atoms with Crippen LogP contribution < -0.4 is 9.47 Å². The predicted molar refractivity (Wildman–Crippen MR) is 86.0 cm³/mol. The molecule has 1 aromatic carbocycles. The number of Topliss-reactive ketones (excluding diaryl/α,β-unsaturated/α-hetero) is 1. The van der Waals surface area contributed by atoms with Crippen molar-refractivity contribution in [3.8, 4) is 11.5 Å². The van der Waals surface area contributed by atoms with Gasteiger partial charge in [0, 0.05) is 0 Å². The van der Waals surface area contributed by atoms with Crippen LogP contribution in [0.4, 0.5) is 0 Å². The molecule has 0 fully saturated rings. The molecule has 0 bridgehead atoms. The summed E-state index contributed by atoms with van der Waals surface area (Å²) in [6.45, 7) is 4.38. The van der Waals surface area contributed by atoms with Gasteiger partial charge in [0.05, 0.1) is 15.8 Å². The van der Waals surface area contributed by atoms with Crippen molar-refractivity contribution in [2.24, 2.45) is 0 Å². The van der Waals surface area contributed by atoms with Gasteiger partial charge in [-0.05, 0) is 37.6 Å². The maximum atomic E-state index is 12.3. The molecule has 0 N–H and O–H groups in total. The summed E-state index contributed by atoms with van der Waals surface area (Å²) in [5, 5.41) is 0. The third kappa shape index (κ3) is 4.22. The number of hydrogen-bond acceptors (Lipinski definition) is 4. The lowest BCUT2D eigenvalue weighted by Crippen LogP contribution is -2.23. The number of ketones is 1. The maximum Gasteiger partial charge on any atom is 0.212 e. The molecule has 1 unspecified atom stereocenters. The normalized spacial score (nSPS) is 12.0. The van der Waals surface area contributed by atoms with Crippen molar-refractivity contribution < 1.29 is 14.3 Å². The number of halogens is 1. The molecule has 2 aromatic rings. The first-order valence-electron chi connectivity index (χ1n) is 6.80. The van der Waals surface area contributed by atoms with Gasteiger partial charge in [0.15, 0.2) is 17.6 Å². The van der Waals surface area contributed by atoms with Gasteiger partial charge in [-0.2, -0.15) is 0 Å². The van der Waals surface area contributed by atoms with Crippen LogP contribution in [0, 0.1) is 0 Å². The van der Waals surface area contributed by atoms with Gasteiger partial charge in [-0.25, -0.2) is 0 Å². The molecule has 0 aliphatic carbocycles. The first-order valence-corrected chi connectivity index (χ1v) is 7.99. The molecule has 0 saturated carbocycles. The fourth-order valence-electron chi connectivity index (χ4n) is 1.77. The van der Waals surface area contributed by atoms with Gasteiger partial charge in [0.2, 0.25) is 5.78 Å². The van der Waals surface area contributed by atoms with Crippen molar-refractivity contribution in [1.29, 1.82) is 0 Å². The molecule has 3 nitrogen and oxygen atoms in total. The maximum absolute atomic E-state index is 12.3. The average Bonchev–Trinajstić information content (AvgIpc) is 2.92. The second-order valence-corrected chi connectivity index (χ2v) is 6.24. The predicted octanol–water partition coefficient (Wildman–Crippen LogP) is 4.84. The molecule has 1 heterocycles. The minimum Gasteiger partial charge on any atom is -0.490 e. The zero-order chi connectivity index (χ0) is 15.2. The van der Waals surface area contributed by atoms with Crippen molar-refractivity contribution >= 4 is 28.7 Å². The summed E-state index contributed by atoms with van der Waals surface area (Å²) < 4.78 is 12.0. The standard InChI is InChI=1S/C16H17ClO3S/c1-3-10-19-12-6-4-5-7-13(12)20-11(2)16(18)14-8-9-15(17)21-14/h4-9,11H,3,10H2,1-2H3. The molecule has 1 atom stereocenters. The van der Waals surface area contributed by atoms with Crippen LogP contribution in [-0.4, -0.2) is 18.5 Å². The SMILES string of the molecule is CCCOc1ccccc1OC(C)C(=O)c1ccc(Cl)s1. The zero-order valence-corrected chi connectivity index (χ0v) is 13.5. The molecule has 0 spiro atoms. The first kappa shape index (κ1) is 15.9. The summed E-state index contributed by atoms with van der Waals surface area (Å²) in [6, 6.07) is 10.8. The van der Waals surface area contributed by atoms with E-state index in [0.29, 0.717) is 27.3 Å². The first-order chi connectivity index (χ1) is 10.1. The fraction of sp³-hybridized carbons (Fsp3) is 0.312. The Kier molecular flexibility index (Phi) is 5.65. The molecule has 1 aromatic heterocycles. The topological polar surface area (TPSA) is 35.5 Å². The van der Waals surface area contributed by atoms with Gasteiger partial charge < -0.3 is 9.47 Å². The van der Waals surface area contributed by atoms with Crippen LogP contribution in [0.5, 0.6) is 11.5 Å². The minimum atomic E-state index is -0.592. The Balaban J connectivity index is 2.08. The van der Waals surface area contributed by atoms with E-state index >= 15 is 0 Å². The second-order valence-electron chi connectivity index (χ2n) is 4.52. The lowest BCUT2D eigenvalue weighted by molar-refractivity contribution is 0.0817. The average molecular weight is 325 g/mol. The van der Waals surface area contributed by atoms with Crippen LogP contribution in [0.25, 0.3) is 0 Å². The molecule has 2 rings (SSSR count). The van der Waals surface area contributed by atoms with Gasteiger partial charge in [0.1, 0.15) is 0 Å². The lowest BCUT2D eigenvalue weighted by Gasteiger charge is -2.16. The van der Waals surface area contributed by atoms with Crippen LogP contribution >= 0.6 is 22.9 Å². The number of para-hydroxylation sites is 2. The Labute approximate surface area is 133 Å². The monoisotopic (exact) mass is 324 g/mol. The molecule has 112 valence electrons. The van der Waals surface area contributed by atoms with Gasteiger partial charge in [-0.3, -0.25) is 4.79 Å². The van der Waals surface area contributed by atoms with Gasteiger partial charge >= 0.3 is 0 Å². The lowest BCUT2D eigenvalue weighted by atomic mass is 10.2. The van der Waals surface area contributed by atoms with Gasteiger partial charge in [-0.1, -0.05) is 30.7 Å². The van der Waals surface area contributed by atoms with E-state index in [2.05, 4.69) is 0 Å². The minimum absolute atomic E-state index is 0.0859. The number of rotatable bonds is 7. The van der Waals surface area contributed by atoms with Gasteiger partial charge in [0.25, 0.3) is 0 Å². The Morgan fingerprint density at radius 2 is 1.95 bits per heavy atom. The summed E-state index contributed by atoms with van der Waals surface area (Å²) in [4.78, 5) is 12.9. The smallest absolute Gasteiger partial charge is 0.212 e. The van der Waals surface area contributed by atoms with Crippen LogP contribution in [0.3, 0.4) is 0 Å². The van der Waals surface area contributed by atoms with E-state index in [0.717, 1.165) is 6.42 Å². The second kappa shape index (κ2) is 7.48. The number of ether oxygens (including phenoxy) is 2. The highest BCUT2D eigenvalue weighted by molar-refractivity contribution is 7.18. The molecular weight excluding hydrogens is 308 g/mol. The summed E-state index contributed by atoms with van der Waals surface area (Å²) >= 11 is 7.11. The van der Waals surface area contributed by atoms with Crippen LogP contribution in [0.2, 0.25) is 4.34 Å². The zero-order valence-electron chi connectivity index (χ0n) is 12.0. The van der Waals surface area contributed by atoms with E-state index in [-0.39, 0.29) is 5.78 Å².